The van der Waals surface area contributed by atoms with E-state index in [0.717, 1.165) is 6.42 Å². The van der Waals surface area contributed by atoms with Crippen molar-refractivity contribution in [3.05, 3.63) is 59.7 Å². The lowest BCUT2D eigenvalue weighted by molar-refractivity contribution is -0.121. The van der Waals surface area contributed by atoms with Gasteiger partial charge in [-0.05, 0) is 35.1 Å². The second-order valence-electron chi connectivity index (χ2n) is 7.30. The molecule has 0 atom stereocenters. The molecule has 0 aromatic heterocycles. The first kappa shape index (κ1) is 19.8. The minimum Gasteiger partial charge on any atom is -0.493 e. The van der Waals surface area contributed by atoms with E-state index in [4.69, 9.17) is 9.47 Å². The van der Waals surface area contributed by atoms with Crippen LogP contribution in [0.15, 0.2) is 48.5 Å². The number of para-hydroxylation sites is 2. The Bertz CT molecular complexity index is 702. The lowest BCUT2D eigenvalue weighted by Gasteiger charge is -2.19. The number of rotatable bonds is 8. The zero-order valence-electron chi connectivity index (χ0n) is 16.2. The Balaban J connectivity index is 1.69. The van der Waals surface area contributed by atoms with Crippen molar-refractivity contribution in [3.63, 3.8) is 0 Å². The number of carbonyl (C=O) groups excluding carboxylic acids is 1. The maximum absolute atomic E-state index is 12.0. The van der Waals surface area contributed by atoms with Crippen molar-refractivity contribution in [3.8, 4) is 11.5 Å². The quantitative estimate of drug-likeness (QED) is 0.725. The summed E-state index contributed by atoms with van der Waals surface area (Å²) in [5, 5.41) is 2.89. The van der Waals surface area contributed by atoms with Crippen LogP contribution in [0.4, 0.5) is 0 Å². The standard InChI is InChI=1S/C22H29NO3/c1-22(2,3)18-12-9-17(10-13-18)11-14-21(24)23-15-16-26-20-8-6-5-7-19(20)25-4/h5-10,12-13H,11,14-16H2,1-4H3,(H,23,24). The van der Waals surface area contributed by atoms with Gasteiger partial charge in [0.1, 0.15) is 6.61 Å². The van der Waals surface area contributed by atoms with E-state index in [2.05, 4.69) is 50.4 Å². The molecule has 0 fully saturated rings. The molecule has 0 spiro atoms. The van der Waals surface area contributed by atoms with Crippen LogP contribution in [0.1, 0.15) is 38.3 Å². The molecule has 2 aromatic carbocycles. The Morgan fingerprint density at radius 1 is 1.00 bits per heavy atom. The van der Waals surface area contributed by atoms with Gasteiger partial charge < -0.3 is 14.8 Å². The number of ether oxygens (including phenoxy) is 2. The Morgan fingerprint density at radius 3 is 2.27 bits per heavy atom. The molecule has 1 amide bonds. The largest absolute Gasteiger partial charge is 0.493 e. The molecular formula is C22H29NO3. The highest BCUT2D eigenvalue weighted by Gasteiger charge is 2.13. The maximum Gasteiger partial charge on any atom is 0.220 e. The summed E-state index contributed by atoms with van der Waals surface area (Å²) in [7, 11) is 1.61. The first-order valence-electron chi connectivity index (χ1n) is 9.02. The van der Waals surface area contributed by atoms with E-state index in [-0.39, 0.29) is 11.3 Å². The van der Waals surface area contributed by atoms with Crippen molar-refractivity contribution < 1.29 is 14.3 Å². The number of hydrogen-bond acceptors (Lipinski definition) is 3. The molecule has 4 heteroatoms. The van der Waals surface area contributed by atoms with Crippen LogP contribution in [0.5, 0.6) is 11.5 Å². The number of nitrogens with one attached hydrogen (secondary N) is 1. The molecule has 1 N–H and O–H groups in total. The topological polar surface area (TPSA) is 47.6 Å². The maximum atomic E-state index is 12.0. The van der Waals surface area contributed by atoms with Crippen molar-refractivity contribution in [2.75, 3.05) is 20.3 Å². The van der Waals surface area contributed by atoms with Gasteiger partial charge in [0.25, 0.3) is 0 Å². The van der Waals surface area contributed by atoms with Crippen LogP contribution < -0.4 is 14.8 Å². The summed E-state index contributed by atoms with van der Waals surface area (Å²) < 4.78 is 10.9. The third-order valence-electron chi connectivity index (χ3n) is 4.21. The summed E-state index contributed by atoms with van der Waals surface area (Å²) in [6.07, 6.45) is 1.22. The molecule has 0 aliphatic heterocycles. The molecule has 2 rings (SSSR count). The first-order chi connectivity index (χ1) is 12.4. The second-order valence-corrected chi connectivity index (χ2v) is 7.30. The number of benzene rings is 2. The molecule has 0 radical (unpaired) electrons. The predicted octanol–water partition coefficient (Wildman–Crippen LogP) is 4.12. The van der Waals surface area contributed by atoms with E-state index in [0.29, 0.717) is 31.1 Å². The van der Waals surface area contributed by atoms with E-state index >= 15 is 0 Å². The molecule has 0 aliphatic rings. The van der Waals surface area contributed by atoms with Crippen LogP contribution in [0, 0.1) is 0 Å². The highest BCUT2D eigenvalue weighted by Crippen LogP contribution is 2.25. The van der Waals surface area contributed by atoms with Crippen LogP contribution in [-0.4, -0.2) is 26.2 Å². The van der Waals surface area contributed by atoms with Gasteiger partial charge in [0, 0.05) is 6.42 Å². The molecule has 140 valence electrons. The van der Waals surface area contributed by atoms with E-state index in [1.807, 2.05) is 24.3 Å². The van der Waals surface area contributed by atoms with Gasteiger partial charge in [0.2, 0.25) is 5.91 Å². The molecule has 2 aromatic rings. The minimum atomic E-state index is 0.0357. The van der Waals surface area contributed by atoms with E-state index in [1.54, 1.807) is 7.11 Å². The Labute approximate surface area is 156 Å². The predicted molar refractivity (Wildman–Crippen MR) is 105 cm³/mol. The Hall–Kier alpha value is -2.49. The molecule has 0 saturated heterocycles. The molecular weight excluding hydrogens is 326 g/mol. The number of hydrogen-bond donors (Lipinski definition) is 1. The first-order valence-corrected chi connectivity index (χ1v) is 9.02. The number of methoxy groups -OCH3 is 1. The molecule has 0 heterocycles. The fraction of sp³-hybridized carbons (Fsp3) is 0.409. The SMILES string of the molecule is COc1ccccc1OCCNC(=O)CCc1ccc(C(C)(C)C)cc1. The van der Waals surface area contributed by atoms with Gasteiger partial charge in [0.05, 0.1) is 13.7 Å². The molecule has 26 heavy (non-hydrogen) atoms. The van der Waals surface area contributed by atoms with E-state index < -0.39 is 0 Å². The van der Waals surface area contributed by atoms with Gasteiger partial charge >= 0.3 is 0 Å². The summed E-state index contributed by atoms with van der Waals surface area (Å²) >= 11 is 0. The molecule has 0 bridgehead atoms. The van der Waals surface area contributed by atoms with E-state index in [9.17, 15) is 4.79 Å². The second kappa shape index (κ2) is 9.27. The smallest absolute Gasteiger partial charge is 0.220 e. The van der Waals surface area contributed by atoms with Gasteiger partial charge in [-0.2, -0.15) is 0 Å². The van der Waals surface area contributed by atoms with Gasteiger partial charge in [-0.15, -0.1) is 0 Å². The fourth-order valence-electron chi connectivity index (χ4n) is 2.61. The van der Waals surface area contributed by atoms with Gasteiger partial charge in [0.15, 0.2) is 11.5 Å². The zero-order chi connectivity index (χ0) is 19.0. The van der Waals surface area contributed by atoms with Crippen molar-refractivity contribution in [1.29, 1.82) is 0 Å². The average molecular weight is 355 g/mol. The Morgan fingerprint density at radius 2 is 1.65 bits per heavy atom. The Kier molecular flexibility index (Phi) is 7.07. The molecule has 0 aliphatic carbocycles. The van der Waals surface area contributed by atoms with Crippen molar-refractivity contribution >= 4 is 5.91 Å². The molecule has 0 saturated carbocycles. The van der Waals surface area contributed by atoms with E-state index in [1.165, 1.54) is 11.1 Å². The van der Waals surface area contributed by atoms with Crippen LogP contribution in [0.25, 0.3) is 0 Å². The van der Waals surface area contributed by atoms with Gasteiger partial charge in [-0.25, -0.2) is 0 Å². The monoisotopic (exact) mass is 355 g/mol. The van der Waals surface area contributed by atoms with Crippen molar-refractivity contribution in [1.82, 2.24) is 5.32 Å². The summed E-state index contributed by atoms with van der Waals surface area (Å²) in [5.74, 6) is 1.41. The highest BCUT2D eigenvalue weighted by molar-refractivity contribution is 5.76. The lowest BCUT2D eigenvalue weighted by Crippen LogP contribution is -2.28. The average Bonchev–Trinajstić information content (AvgIpc) is 2.63. The van der Waals surface area contributed by atoms with Crippen LogP contribution in [-0.2, 0) is 16.6 Å². The lowest BCUT2D eigenvalue weighted by atomic mass is 9.86. The van der Waals surface area contributed by atoms with Crippen LogP contribution in [0.2, 0.25) is 0 Å². The zero-order valence-corrected chi connectivity index (χ0v) is 16.2. The molecule has 4 nitrogen and oxygen atoms in total. The van der Waals surface area contributed by atoms with Gasteiger partial charge in [-0.3, -0.25) is 4.79 Å². The summed E-state index contributed by atoms with van der Waals surface area (Å²) in [5.41, 5.74) is 2.63. The van der Waals surface area contributed by atoms with Crippen LogP contribution in [0.3, 0.4) is 0 Å². The normalized spacial score (nSPS) is 11.1. The van der Waals surface area contributed by atoms with Gasteiger partial charge in [-0.1, -0.05) is 57.2 Å². The third-order valence-corrected chi connectivity index (χ3v) is 4.21. The third kappa shape index (κ3) is 6.10. The number of aryl methyl sites for hydroxylation is 1. The van der Waals surface area contributed by atoms with Crippen LogP contribution >= 0.6 is 0 Å². The highest BCUT2D eigenvalue weighted by atomic mass is 16.5. The number of amides is 1. The summed E-state index contributed by atoms with van der Waals surface area (Å²) in [6.45, 7) is 7.47. The molecule has 0 unspecified atom stereocenters. The van der Waals surface area contributed by atoms with Crippen molar-refractivity contribution in [2.24, 2.45) is 0 Å². The number of carbonyl (C=O) groups is 1. The fourth-order valence-corrected chi connectivity index (χ4v) is 2.61. The minimum absolute atomic E-state index is 0.0357. The summed E-state index contributed by atoms with van der Waals surface area (Å²) in [6, 6.07) is 16.0. The van der Waals surface area contributed by atoms with Crippen molar-refractivity contribution in [2.45, 2.75) is 39.0 Å². The summed E-state index contributed by atoms with van der Waals surface area (Å²) in [4.78, 5) is 12.0.